The minimum Gasteiger partial charge on any atom is -0.496 e. The Morgan fingerprint density at radius 3 is 2.48 bits per heavy atom. The third kappa shape index (κ3) is 4.39. The number of benzene rings is 2. The van der Waals surface area contributed by atoms with Gasteiger partial charge in [-0.2, -0.15) is 0 Å². The quantitative estimate of drug-likeness (QED) is 0.456. The van der Waals surface area contributed by atoms with Crippen LogP contribution in [0.1, 0.15) is 40.3 Å². The molecule has 0 unspecified atom stereocenters. The first-order valence-electron chi connectivity index (χ1n) is 10.6. The third-order valence-corrected chi connectivity index (χ3v) is 5.90. The molecule has 0 aliphatic carbocycles. The largest absolute Gasteiger partial charge is 0.496 e. The number of methoxy groups -OCH3 is 3. The molecule has 0 fully saturated rings. The molecule has 0 spiro atoms. The van der Waals surface area contributed by atoms with Crippen molar-refractivity contribution in [3.05, 3.63) is 68.6 Å². The van der Waals surface area contributed by atoms with Gasteiger partial charge in [-0.3, -0.25) is 14.7 Å². The fourth-order valence-electron chi connectivity index (χ4n) is 4.36. The standard InChI is InChI=1S/C24H27N3O6/c1-30-19-12-21(32-3)20(31-2)10-15(19)16(11-22(25)28)23-17(26-27-24(23)29)9-13-4-5-18-14(8-13)6-7-33-18/h4-5,8,10,12,16H,6-7,9,11H2,1-3H3,(H2,25,28)(H2,26,27,29)/t16-/m0/s1. The lowest BCUT2D eigenvalue weighted by atomic mass is 9.86. The van der Waals surface area contributed by atoms with Crippen molar-refractivity contribution < 1.29 is 23.7 Å². The Hall–Kier alpha value is -3.88. The van der Waals surface area contributed by atoms with Crippen molar-refractivity contribution in [2.45, 2.75) is 25.2 Å². The van der Waals surface area contributed by atoms with Gasteiger partial charge >= 0.3 is 0 Å². The molecule has 1 aliphatic rings. The number of hydrogen-bond acceptors (Lipinski definition) is 6. The van der Waals surface area contributed by atoms with Crippen molar-refractivity contribution in [1.29, 1.82) is 0 Å². The molecule has 9 nitrogen and oxygen atoms in total. The zero-order chi connectivity index (χ0) is 23.5. The predicted molar refractivity (Wildman–Crippen MR) is 122 cm³/mol. The van der Waals surface area contributed by atoms with E-state index in [0.29, 0.717) is 47.1 Å². The summed E-state index contributed by atoms with van der Waals surface area (Å²) in [5.74, 6) is 1.08. The number of fused-ring (bicyclic) bond motifs is 1. The van der Waals surface area contributed by atoms with Gasteiger partial charge in [0.1, 0.15) is 11.5 Å². The number of primary amides is 1. The van der Waals surface area contributed by atoms with Gasteiger partial charge in [0.05, 0.1) is 27.9 Å². The molecule has 9 heteroatoms. The number of nitrogens with two attached hydrogens (primary N) is 1. The molecule has 0 bridgehead atoms. The number of aromatic amines is 2. The number of rotatable bonds is 9. The molecular formula is C24H27N3O6. The fraction of sp³-hybridized carbons (Fsp3) is 0.333. The topological polar surface area (TPSA) is 129 Å². The van der Waals surface area contributed by atoms with Crippen LogP contribution < -0.4 is 30.2 Å². The Kier molecular flexibility index (Phi) is 6.30. The minimum absolute atomic E-state index is 0.0855. The average Bonchev–Trinajstić information content (AvgIpc) is 3.42. The van der Waals surface area contributed by atoms with Crippen molar-refractivity contribution in [3.8, 4) is 23.0 Å². The summed E-state index contributed by atoms with van der Waals surface area (Å²) in [7, 11) is 4.55. The smallest absolute Gasteiger partial charge is 0.267 e. The van der Waals surface area contributed by atoms with E-state index in [9.17, 15) is 9.59 Å². The Morgan fingerprint density at radius 1 is 1.06 bits per heavy atom. The van der Waals surface area contributed by atoms with Crippen molar-refractivity contribution in [2.24, 2.45) is 5.73 Å². The van der Waals surface area contributed by atoms with E-state index in [2.05, 4.69) is 16.3 Å². The number of hydrogen-bond donors (Lipinski definition) is 3. The van der Waals surface area contributed by atoms with Crippen LogP contribution in [0.2, 0.25) is 0 Å². The molecule has 2 aromatic carbocycles. The molecule has 3 aromatic rings. The second-order valence-electron chi connectivity index (χ2n) is 7.86. The zero-order valence-corrected chi connectivity index (χ0v) is 18.8. The van der Waals surface area contributed by atoms with Crippen LogP contribution >= 0.6 is 0 Å². The van der Waals surface area contributed by atoms with Crippen LogP contribution in [0.5, 0.6) is 23.0 Å². The molecule has 174 valence electrons. The average molecular weight is 453 g/mol. The van der Waals surface area contributed by atoms with Gasteiger partial charge in [-0.15, -0.1) is 0 Å². The Labute approximate surface area is 190 Å². The molecule has 0 saturated heterocycles. The number of amides is 1. The summed E-state index contributed by atoms with van der Waals surface area (Å²) >= 11 is 0. The van der Waals surface area contributed by atoms with Crippen LogP contribution in [0.4, 0.5) is 0 Å². The van der Waals surface area contributed by atoms with Gasteiger partial charge in [-0.05, 0) is 23.3 Å². The molecule has 0 radical (unpaired) electrons. The lowest BCUT2D eigenvalue weighted by Gasteiger charge is -2.21. The first kappa shape index (κ1) is 22.3. The molecular weight excluding hydrogens is 426 g/mol. The van der Waals surface area contributed by atoms with Crippen molar-refractivity contribution >= 4 is 5.91 Å². The first-order chi connectivity index (χ1) is 15.9. The highest BCUT2D eigenvalue weighted by atomic mass is 16.5. The van der Waals surface area contributed by atoms with Crippen molar-refractivity contribution in [3.63, 3.8) is 0 Å². The Bertz CT molecular complexity index is 1230. The van der Waals surface area contributed by atoms with Crippen LogP contribution in [0.3, 0.4) is 0 Å². The number of H-pyrrole nitrogens is 2. The van der Waals surface area contributed by atoms with Crippen LogP contribution in [-0.4, -0.2) is 44.0 Å². The highest BCUT2D eigenvalue weighted by Crippen LogP contribution is 2.41. The Balaban J connectivity index is 1.80. The summed E-state index contributed by atoms with van der Waals surface area (Å²) < 4.78 is 22.0. The minimum atomic E-state index is -0.653. The fourth-order valence-corrected chi connectivity index (χ4v) is 4.36. The SMILES string of the molecule is COc1cc(OC)c([C@H](CC(N)=O)c2c(Cc3ccc4c(c3)CCO4)[nH][nH]c2=O)cc1OC. The first-order valence-corrected chi connectivity index (χ1v) is 10.6. The number of ether oxygens (including phenoxy) is 4. The van der Waals surface area contributed by atoms with Crippen molar-refractivity contribution in [2.75, 3.05) is 27.9 Å². The third-order valence-electron chi connectivity index (χ3n) is 5.90. The summed E-state index contributed by atoms with van der Waals surface area (Å²) in [6.45, 7) is 0.671. The molecule has 4 rings (SSSR count). The van der Waals surface area contributed by atoms with Gasteiger partial charge in [-0.1, -0.05) is 12.1 Å². The predicted octanol–water partition coefficient (Wildman–Crippen LogP) is 2.26. The summed E-state index contributed by atoms with van der Waals surface area (Å²) in [5, 5.41) is 5.65. The van der Waals surface area contributed by atoms with E-state index in [-0.39, 0.29) is 12.0 Å². The highest BCUT2D eigenvalue weighted by Gasteiger charge is 2.29. The highest BCUT2D eigenvalue weighted by molar-refractivity contribution is 5.76. The van der Waals surface area contributed by atoms with Crippen LogP contribution in [0, 0.1) is 0 Å². The summed E-state index contributed by atoms with van der Waals surface area (Å²) in [5.41, 5.74) is 9.13. The van der Waals surface area contributed by atoms with E-state index < -0.39 is 11.8 Å². The lowest BCUT2D eigenvalue weighted by Crippen LogP contribution is -2.21. The number of aromatic nitrogens is 2. The number of carbonyl (C=O) groups is 1. The van der Waals surface area contributed by atoms with Gasteiger partial charge in [0.25, 0.3) is 5.56 Å². The maximum atomic E-state index is 12.9. The monoisotopic (exact) mass is 453 g/mol. The van der Waals surface area contributed by atoms with Gasteiger partial charge in [0, 0.05) is 48.1 Å². The second-order valence-corrected chi connectivity index (χ2v) is 7.86. The molecule has 2 heterocycles. The maximum Gasteiger partial charge on any atom is 0.267 e. The van der Waals surface area contributed by atoms with Gasteiger partial charge < -0.3 is 29.8 Å². The molecule has 1 aliphatic heterocycles. The normalized spacial score (nSPS) is 13.2. The van der Waals surface area contributed by atoms with Crippen LogP contribution in [0.25, 0.3) is 0 Å². The maximum absolute atomic E-state index is 12.9. The molecule has 1 amide bonds. The van der Waals surface area contributed by atoms with Crippen LogP contribution in [0.15, 0.2) is 35.1 Å². The number of carbonyl (C=O) groups excluding carboxylic acids is 1. The summed E-state index contributed by atoms with van der Waals surface area (Å²) in [4.78, 5) is 25.0. The molecule has 1 atom stereocenters. The van der Waals surface area contributed by atoms with E-state index >= 15 is 0 Å². The Morgan fingerprint density at radius 2 is 1.79 bits per heavy atom. The van der Waals surface area contributed by atoms with E-state index in [1.165, 1.54) is 21.3 Å². The van der Waals surface area contributed by atoms with E-state index in [1.807, 2.05) is 12.1 Å². The van der Waals surface area contributed by atoms with Gasteiger partial charge in [-0.25, -0.2) is 0 Å². The molecule has 1 aromatic heterocycles. The van der Waals surface area contributed by atoms with E-state index in [0.717, 1.165) is 23.3 Å². The summed E-state index contributed by atoms with van der Waals surface area (Å²) in [6.07, 6.45) is 1.23. The van der Waals surface area contributed by atoms with Crippen LogP contribution in [-0.2, 0) is 17.6 Å². The van der Waals surface area contributed by atoms with Crippen molar-refractivity contribution in [1.82, 2.24) is 10.2 Å². The summed E-state index contributed by atoms with van der Waals surface area (Å²) in [6, 6.07) is 9.38. The lowest BCUT2D eigenvalue weighted by molar-refractivity contribution is -0.118. The van der Waals surface area contributed by atoms with Gasteiger partial charge in [0.2, 0.25) is 5.91 Å². The molecule has 33 heavy (non-hydrogen) atoms. The zero-order valence-electron chi connectivity index (χ0n) is 18.8. The van der Waals surface area contributed by atoms with E-state index in [4.69, 9.17) is 24.7 Å². The number of nitrogens with one attached hydrogen (secondary N) is 2. The molecule has 0 saturated carbocycles. The molecule has 4 N–H and O–H groups in total. The van der Waals surface area contributed by atoms with Gasteiger partial charge in [0.15, 0.2) is 11.5 Å². The second kappa shape index (κ2) is 9.32. The van der Waals surface area contributed by atoms with E-state index in [1.54, 1.807) is 12.1 Å².